The van der Waals surface area contributed by atoms with Gasteiger partial charge in [0, 0.05) is 11.6 Å². The van der Waals surface area contributed by atoms with Gasteiger partial charge in [-0.1, -0.05) is 24.6 Å². The van der Waals surface area contributed by atoms with Gasteiger partial charge in [0.15, 0.2) is 11.5 Å². The van der Waals surface area contributed by atoms with E-state index in [4.69, 9.17) is 21.1 Å². The number of carbonyl (C=O) groups excluding carboxylic acids is 1. The molecule has 1 amide bonds. The van der Waals surface area contributed by atoms with Gasteiger partial charge in [-0.25, -0.2) is 0 Å². The van der Waals surface area contributed by atoms with Crippen molar-refractivity contribution >= 4 is 28.9 Å². The maximum atomic E-state index is 12.6. The predicted molar refractivity (Wildman–Crippen MR) is 99.6 cm³/mol. The molecule has 1 N–H and O–H groups in total. The van der Waals surface area contributed by atoms with E-state index >= 15 is 0 Å². The highest BCUT2D eigenvalue weighted by Gasteiger charge is 2.18. The molecule has 0 aliphatic carbocycles. The highest BCUT2D eigenvalue weighted by molar-refractivity contribution is 6.32. The lowest BCUT2D eigenvalue weighted by Gasteiger charge is -2.14. The van der Waals surface area contributed by atoms with Crippen LogP contribution in [0.5, 0.6) is 11.5 Å². The third-order valence-electron chi connectivity index (χ3n) is 3.69. The number of amides is 1. The quantitative estimate of drug-likeness (QED) is 0.561. The molecule has 2 rings (SSSR count). The van der Waals surface area contributed by atoms with Crippen molar-refractivity contribution in [3.63, 3.8) is 0 Å². The third-order valence-corrected chi connectivity index (χ3v) is 3.97. The smallest absolute Gasteiger partial charge is 0.274 e. The summed E-state index contributed by atoms with van der Waals surface area (Å²) >= 11 is 6.22. The normalized spacial score (nSPS) is 10.3. The lowest BCUT2D eigenvalue weighted by molar-refractivity contribution is -0.385. The minimum atomic E-state index is -0.495. The fourth-order valence-electron chi connectivity index (χ4n) is 2.35. The molecule has 0 heterocycles. The number of nitrogens with one attached hydrogen (secondary N) is 1. The van der Waals surface area contributed by atoms with Crippen LogP contribution in [-0.2, 0) is 0 Å². The fraction of sp³-hybridized carbons (Fsp3) is 0.278. The molecular formula is C18H19ClN2O5. The number of anilines is 1. The second-order valence-corrected chi connectivity index (χ2v) is 5.91. The molecule has 2 aromatic carbocycles. The molecular weight excluding hydrogens is 360 g/mol. The number of halogens is 1. The van der Waals surface area contributed by atoms with Crippen LogP contribution in [-0.4, -0.2) is 24.5 Å². The average Bonchev–Trinajstić information content (AvgIpc) is 2.61. The molecule has 0 bridgehead atoms. The van der Waals surface area contributed by atoms with E-state index in [2.05, 4.69) is 5.32 Å². The van der Waals surface area contributed by atoms with Crippen LogP contribution in [0, 0.1) is 17.0 Å². The van der Waals surface area contributed by atoms with Gasteiger partial charge in [0.2, 0.25) is 0 Å². The molecule has 8 heteroatoms. The van der Waals surface area contributed by atoms with Crippen molar-refractivity contribution in [3.8, 4) is 11.5 Å². The first-order valence-electron chi connectivity index (χ1n) is 7.94. The van der Waals surface area contributed by atoms with Gasteiger partial charge in [-0.2, -0.15) is 0 Å². The summed E-state index contributed by atoms with van der Waals surface area (Å²) in [5.74, 6) is 0.252. The molecule has 0 fully saturated rings. The largest absolute Gasteiger partial charge is 0.493 e. The molecule has 0 spiro atoms. The Morgan fingerprint density at radius 3 is 2.69 bits per heavy atom. The van der Waals surface area contributed by atoms with E-state index in [9.17, 15) is 14.9 Å². The second-order valence-electron chi connectivity index (χ2n) is 5.50. The number of nitro groups is 1. The van der Waals surface area contributed by atoms with Crippen molar-refractivity contribution in [1.82, 2.24) is 0 Å². The molecule has 0 radical (unpaired) electrons. The van der Waals surface area contributed by atoms with Gasteiger partial charge in [0.25, 0.3) is 11.6 Å². The van der Waals surface area contributed by atoms with Crippen LogP contribution in [0.25, 0.3) is 0 Å². The predicted octanol–water partition coefficient (Wildman–Crippen LogP) is 4.61. The molecule has 138 valence electrons. The molecule has 0 atom stereocenters. The van der Waals surface area contributed by atoms with Gasteiger partial charge >= 0.3 is 0 Å². The molecule has 0 aliphatic rings. The van der Waals surface area contributed by atoms with Crippen LogP contribution in [0.2, 0.25) is 5.02 Å². The van der Waals surface area contributed by atoms with Gasteiger partial charge in [0.05, 0.1) is 34.9 Å². The summed E-state index contributed by atoms with van der Waals surface area (Å²) in [5, 5.41) is 13.9. The molecule has 7 nitrogen and oxygen atoms in total. The first kappa shape index (κ1) is 19.5. The van der Waals surface area contributed by atoms with Crippen molar-refractivity contribution in [3.05, 3.63) is 56.6 Å². The van der Waals surface area contributed by atoms with Crippen LogP contribution in [0.3, 0.4) is 0 Å². The standard InChI is InChI=1S/C18H19ClN2O5/c1-4-8-26-17-13(19)9-12(10-16(17)25-3)18(22)20-14-6-5-7-15(11(14)2)21(23)24/h5-7,9-10H,4,8H2,1-3H3,(H,20,22). The van der Waals surface area contributed by atoms with Crippen molar-refractivity contribution < 1.29 is 19.2 Å². The Kier molecular flexibility index (Phi) is 6.41. The number of hydrogen-bond donors (Lipinski definition) is 1. The molecule has 26 heavy (non-hydrogen) atoms. The van der Waals surface area contributed by atoms with Crippen molar-refractivity contribution in [2.75, 3.05) is 19.0 Å². The fourth-order valence-corrected chi connectivity index (χ4v) is 2.61. The molecule has 0 saturated heterocycles. The number of hydrogen-bond acceptors (Lipinski definition) is 5. The zero-order chi connectivity index (χ0) is 19.3. The van der Waals surface area contributed by atoms with Gasteiger partial charge in [-0.15, -0.1) is 0 Å². The van der Waals surface area contributed by atoms with Crippen molar-refractivity contribution in [2.24, 2.45) is 0 Å². The van der Waals surface area contributed by atoms with Gasteiger partial charge in [-0.3, -0.25) is 14.9 Å². The Morgan fingerprint density at radius 1 is 1.35 bits per heavy atom. The van der Waals surface area contributed by atoms with E-state index in [0.29, 0.717) is 29.4 Å². The van der Waals surface area contributed by atoms with E-state index in [1.165, 1.54) is 31.4 Å². The Balaban J connectivity index is 2.32. The Morgan fingerprint density at radius 2 is 2.08 bits per heavy atom. The lowest BCUT2D eigenvalue weighted by Crippen LogP contribution is -2.14. The second kappa shape index (κ2) is 8.53. The zero-order valence-electron chi connectivity index (χ0n) is 14.7. The number of carbonyl (C=O) groups is 1. The van der Waals surface area contributed by atoms with Gasteiger partial charge in [0.1, 0.15) is 0 Å². The molecule has 0 unspecified atom stereocenters. The van der Waals surface area contributed by atoms with Gasteiger partial charge < -0.3 is 14.8 Å². The van der Waals surface area contributed by atoms with E-state index in [-0.39, 0.29) is 16.3 Å². The first-order valence-corrected chi connectivity index (χ1v) is 8.32. The summed E-state index contributed by atoms with van der Waals surface area (Å²) in [6.45, 7) is 4.00. The Bertz CT molecular complexity index is 839. The van der Waals surface area contributed by atoms with E-state index < -0.39 is 10.8 Å². The summed E-state index contributed by atoms with van der Waals surface area (Å²) in [6, 6.07) is 7.47. The van der Waals surface area contributed by atoms with Crippen LogP contribution < -0.4 is 14.8 Å². The number of benzene rings is 2. The molecule has 2 aromatic rings. The van der Waals surface area contributed by atoms with E-state index in [0.717, 1.165) is 6.42 Å². The summed E-state index contributed by atoms with van der Waals surface area (Å²) in [4.78, 5) is 23.1. The Hall–Kier alpha value is -2.80. The Labute approximate surface area is 156 Å². The van der Waals surface area contributed by atoms with Crippen LogP contribution in [0.4, 0.5) is 11.4 Å². The zero-order valence-corrected chi connectivity index (χ0v) is 15.4. The summed E-state index contributed by atoms with van der Waals surface area (Å²) in [6.07, 6.45) is 0.799. The number of nitro benzene ring substituents is 1. The highest BCUT2D eigenvalue weighted by Crippen LogP contribution is 2.37. The number of methoxy groups -OCH3 is 1. The maximum absolute atomic E-state index is 12.6. The molecule has 0 aliphatic heterocycles. The monoisotopic (exact) mass is 378 g/mol. The molecule has 0 saturated carbocycles. The van der Waals surface area contributed by atoms with Crippen LogP contribution in [0.15, 0.2) is 30.3 Å². The number of ether oxygens (including phenoxy) is 2. The average molecular weight is 379 g/mol. The summed E-state index contributed by atoms with van der Waals surface area (Å²) in [7, 11) is 1.46. The minimum absolute atomic E-state index is 0.0678. The van der Waals surface area contributed by atoms with Crippen molar-refractivity contribution in [1.29, 1.82) is 0 Å². The third kappa shape index (κ3) is 4.23. The van der Waals surface area contributed by atoms with E-state index in [1.807, 2.05) is 6.92 Å². The van der Waals surface area contributed by atoms with Gasteiger partial charge in [-0.05, 0) is 31.5 Å². The SMILES string of the molecule is CCCOc1c(Cl)cc(C(=O)Nc2cccc([N+](=O)[O-])c2C)cc1OC. The van der Waals surface area contributed by atoms with Crippen LogP contribution >= 0.6 is 11.6 Å². The summed E-state index contributed by atoms with van der Waals surface area (Å²) < 4.78 is 10.8. The topological polar surface area (TPSA) is 90.7 Å². The highest BCUT2D eigenvalue weighted by atomic mass is 35.5. The minimum Gasteiger partial charge on any atom is -0.493 e. The lowest BCUT2D eigenvalue weighted by atomic mass is 10.1. The summed E-state index contributed by atoms with van der Waals surface area (Å²) in [5.41, 5.74) is 0.903. The number of nitrogens with zero attached hydrogens (tertiary/aromatic N) is 1. The maximum Gasteiger partial charge on any atom is 0.274 e. The van der Waals surface area contributed by atoms with Crippen molar-refractivity contribution in [2.45, 2.75) is 20.3 Å². The van der Waals surface area contributed by atoms with E-state index in [1.54, 1.807) is 13.0 Å². The first-order chi connectivity index (χ1) is 12.4. The molecule has 0 aromatic heterocycles. The number of rotatable bonds is 7. The van der Waals surface area contributed by atoms with Crippen LogP contribution in [0.1, 0.15) is 29.3 Å².